The van der Waals surface area contributed by atoms with Crippen LogP contribution in [0.5, 0.6) is 5.75 Å². The van der Waals surface area contributed by atoms with Crippen molar-refractivity contribution in [2.24, 2.45) is 5.10 Å². The zero-order valence-corrected chi connectivity index (χ0v) is 19.5. The molecule has 0 aliphatic rings. The molecule has 8 heteroatoms. The summed E-state index contributed by atoms with van der Waals surface area (Å²) >= 11 is 0. The minimum atomic E-state index is -3.80. The smallest absolute Gasteiger partial charge is 0.276 e. The van der Waals surface area contributed by atoms with Crippen LogP contribution in [0.1, 0.15) is 16.7 Å². The summed E-state index contributed by atoms with van der Waals surface area (Å²) < 4.78 is 41.4. The molecule has 0 atom stereocenters. The maximum Gasteiger partial charge on any atom is 0.276 e. The third-order valence-electron chi connectivity index (χ3n) is 4.71. The normalized spacial score (nSPS) is 11.9. The molecule has 33 heavy (non-hydrogen) atoms. The minimum Gasteiger partial charge on any atom is -0.491 e. The van der Waals surface area contributed by atoms with Crippen LogP contribution in [0.25, 0.3) is 0 Å². The molecule has 0 aliphatic carbocycles. The number of nitrogens with one attached hydrogen (secondary N) is 1. The molecule has 1 N–H and O–H groups in total. The van der Waals surface area contributed by atoms with E-state index in [0.29, 0.717) is 37.9 Å². The monoisotopic (exact) mass is 468 g/mol. The molecule has 0 saturated carbocycles. The molecule has 0 saturated heterocycles. The average molecular weight is 469 g/mol. The highest BCUT2D eigenvalue weighted by molar-refractivity contribution is 7.89. The number of hydrazone groups is 1. The van der Waals surface area contributed by atoms with E-state index in [4.69, 9.17) is 14.2 Å². The summed E-state index contributed by atoms with van der Waals surface area (Å²) in [6, 6.07) is 23.3. The molecule has 0 radical (unpaired) electrons. The Morgan fingerprint density at radius 3 is 2.12 bits per heavy atom. The van der Waals surface area contributed by atoms with Gasteiger partial charge in [0.25, 0.3) is 10.0 Å². The van der Waals surface area contributed by atoms with Gasteiger partial charge in [-0.3, -0.25) is 0 Å². The zero-order valence-electron chi connectivity index (χ0n) is 18.7. The quantitative estimate of drug-likeness (QED) is 0.248. The Balaban J connectivity index is 1.75. The van der Waals surface area contributed by atoms with Crippen molar-refractivity contribution in [2.45, 2.75) is 11.8 Å². The highest BCUT2D eigenvalue weighted by atomic mass is 32.2. The Morgan fingerprint density at radius 2 is 1.45 bits per heavy atom. The lowest BCUT2D eigenvalue weighted by Gasteiger charge is -2.11. The van der Waals surface area contributed by atoms with Crippen molar-refractivity contribution in [1.82, 2.24) is 4.83 Å². The van der Waals surface area contributed by atoms with E-state index in [-0.39, 0.29) is 4.90 Å². The molecule has 3 aromatic rings. The van der Waals surface area contributed by atoms with Gasteiger partial charge in [0.05, 0.1) is 30.4 Å². The number of rotatable bonds is 12. The fraction of sp³-hybridized carbons (Fsp3) is 0.240. The Labute approximate surface area is 195 Å². The maximum atomic E-state index is 12.7. The second kappa shape index (κ2) is 12.2. The van der Waals surface area contributed by atoms with Crippen molar-refractivity contribution in [3.63, 3.8) is 0 Å². The van der Waals surface area contributed by atoms with Crippen LogP contribution in [-0.2, 0) is 19.5 Å². The molecule has 3 aromatic carbocycles. The third-order valence-corrected chi connectivity index (χ3v) is 5.94. The van der Waals surface area contributed by atoms with E-state index in [2.05, 4.69) is 9.93 Å². The fourth-order valence-electron chi connectivity index (χ4n) is 2.94. The molecule has 0 spiro atoms. The van der Waals surface area contributed by atoms with Crippen molar-refractivity contribution in [1.29, 1.82) is 0 Å². The second-order valence-corrected chi connectivity index (χ2v) is 8.87. The van der Waals surface area contributed by atoms with E-state index in [9.17, 15) is 8.42 Å². The Kier molecular flexibility index (Phi) is 9.00. The number of nitrogens with zero attached hydrogens (tertiary/aromatic N) is 1. The molecule has 0 heterocycles. The van der Waals surface area contributed by atoms with Gasteiger partial charge in [0.2, 0.25) is 0 Å². The van der Waals surface area contributed by atoms with E-state index in [1.54, 1.807) is 31.4 Å². The van der Waals surface area contributed by atoms with Crippen LogP contribution >= 0.6 is 0 Å². The van der Waals surface area contributed by atoms with Crippen LogP contribution in [0.2, 0.25) is 0 Å². The van der Waals surface area contributed by atoms with Crippen LogP contribution < -0.4 is 9.57 Å². The van der Waals surface area contributed by atoms with Gasteiger partial charge in [-0.1, -0.05) is 48.0 Å². The summed E-state index contributed by atoms with van der Waals surface area (Å²) in [5.41, 5.74) is 3.01. The number of ether oxygens (including phenoxy) is 3. The third kappa shape index (κ3) is 7.42. The summed E-state index contributed by atoms with van der Waals surface area (Å²) in [7, 11) is -2.18. The summed E-state index contributed by atoms with van der Waals surface area (Å²) in [6.45, 7) is 3.84. The number of methoxy groups -OCH3 is 1. The highest BCUT2D eigenvalue weighted by Gasteiger charge is 2.14. The van der Waals surface area contributed by atoms with E-state index < -0.39 is 10.0 Å². The molecule has 0 aliphatic heterocycles. The number of hydrogen-bond donors (Lipinski definition) is 1. The predicted molar refractivity (Wildman–Crippen MR) is 128 cm³/mol. The summed E-state index contributed by atoms with van der Waals surface area (Å²) in [5, 5.41) is 4.27. The molecule has 3 rings (SSSR count). The molecular formula is C25H28N2O5S. The first kappa shape index (κ1) is 24.4. The Hall–Kier alpha value is -3.20. The van der Waals surface area contributed by atoms with E-state index >= 15 is 0 Å². The first-order valence-corrected chi connectivity index (χ1v) is 12.0. The van der Waals surface area contributed by atoms with Crippen LogP contribution in [-0.4, -0.2) is 47.7 Å². The van der Waals surface area contributed by atoms with Crippen molar-refractivity contribution in [2.75, 3.05) is 33.5 Å². The first-order valence-electron chi connectivity index (χ1n) is 10.5. The lowest BCUT2D eigenvalue weighted by Crippen LogP contribution is -2.21. The van der Waals surface area contributed by atoms with Crippen molar-refractivity contribution < 1.29 is 22.6 Å². The van der Waals surface area contributed by atoms with Crippen molar-refractivity contribution >= 4 is 15.7 Å². The van der Waals surface area contributed by atoms with Gasteiger partial charge in [-0.05, 0) is 43.3 Å². The predicted octanol–water partition coefficient (Wildman–Crippen LogP) is 3.77. The zero-order chi connectivity index (χ0) is 23.5. The van der Waals surface area contributed by atoms with Gasteiger partial charge in [-0.15, -0.1) is 0 Å². The van der Waals surface area contributed by atoms with Gasteiger partial charge in [0.1, 0.15) is 12.4 Å². The van der Waals surface area contributed by atoms with E-state index in [1.807, 2.05) is 61.5 Å². The van der Waals surface area contributed by atoms with Crippen LogP contribution in [0, 0.1) is 6.92 Å². The highest BCUT2D eigenvalue weighted by Crippen LogP contribution is 2.17. The maximum absolute atomic E-state index is 12.7. The van der Waals surface area contributed by atoms with E-state index in [1.165, 1.54) is 0 Å². The van der Waals surface area contributed by atoms with Gasteiger partial charge < -0.3 is 14.2 Å². The van der Waals surface area contributed by atoms with Gasteiger partial charge in [0, 0.05) is 18.2 Å². The largest absolute Gasteiger partial charge is 0.491 e. The molecule has 0 bridgehead atoms. The SMILES string of the molecule is COCCOCCOc1ccc(/C(=N/NS(=O)(=O)c2ccc(C)cc2)c2ccccc2)cc1. The number of aryl methyl sites for hydroxylation is 1. The standard InChI is InChI=1S/C25H28N2O5S/c1-20-8-14-24(15-9-20)33(28,29)27-26-25(21-6-4-3-5-7-21)22-10-12-23(13-11-22)32-19-18-31-17-16-30-2/h3-15,27H,16-19H2,1-2H3/b26-25+. The van der Waals surface area contributed by atoms with Gasteiger partial charge >= 0.3 is 0 Å². The van der Waals surface area contributed by atoms with Gasteiger partial charge in [-0.25, -0.2) is 0 Å². The average Bonchev–Trinajstić information content (AvgIpc) is 2.83. The van der Waals surface area contributed by atoms with Gasteiger partial charge in [-0.2, -0.15) is 18.4 Å². The topological polar surface area (TPSA) is 86.2 Å². The lowest BCUT2D eigenvalue weighted by atomic mass is 10.0. The molecule has 0 unspecified atom stereocenters. The van der Waals surface area contributed by atoms with Crippen LogP contribution in [0.4, 0.5) is 0 Å². The molecule has 174 valence electrons. The number of hydrogen-bond acceptors (Lipinski definition) is 6. The second-order valence-electron chi connectivity index (χ2n) is 7.21. The summed E-state index contributed by atoms with van der Waals surface area (Å²) in [6.07, 6.45) is 0. The first-order chi connectivity index (χ1) is 16.0. The molecule has 0 aromatic heterocycles. The number of benzene rings is 3. The van der Waals surface area contributed by atoms with Crippen molar-refractivity contribution in [3.05, 3.63) is 95.6 Å². The minimum absolute atomic E-state index is 0.153. The fourth-order valence-corrected chi connectivity index (χ4v) is 3.75. The van der Waals surface area contributed by atoms with Crippen LogP contribution in [0.15, 0.2) is 88.9 Å². The van der Waals surface area contributed by atoms with E-state index in [0.717, 1.165) is 16.7 Å². The Bertz CT molecular complexity index is 1130. The molecule has 7 nitrogen and oxygen atoms in total. The summed E-state index contributed by atoms with van der Waals surface area (Å²) in [4.78, 5) is 2.52. The van der Waals surface area contributed by atoms with Crippen LogP contribution in [0.3, 0.4) is 0 Å². The molecular weight excluding hydrogens is 440 g/mol. The van der Waals surface area contributed by atoms with Crippen molar-refractivity contribution in [3.8, 4) is 5.75 Å². The number of sulfonamides is 1. The molecule has 0 fully saturated rings. The van der Waals surface area contributed by atoms with Gasteiger partial charge in [0.15, 0.2) is 0 Å². The lowest BCUT2D eigenvalue weighted by molar-refractivity contribution is 0.0544. The molecule has 0 amide bonds. The Morgan fingerprint density at radius 1 is 0.818 bits per heavy atom. The summed E-state index contributed by atoms with van der Waals surface area (Å²) in [5.74, 6) is 0.682.